The highest BCUT2D eigenvalue weighted by Crippen LogP contribution is 2.30. The van der Waals surface area contributed by atoms with Gasteiger partial charge in [0.1, 0.15) is 0 Å². The lowest BCUT2D eigenvalue weighted by Gasteiger charge is -2.17. The number of halogens is 2. The minimum Gasteiger partial charge on any atom is -0.383 e. The molecule has 1 aromatic rings. The summed E-state index contributed by atoms with van der Waals surface area (Å²) in [5.74, 6) is 0.114. The number of nitrogens with one attached hydrogen (secondary N) is 1. The molecule has 0 aliphatic carbocycles. The van der Waals surface area contributed by atoms with Crippen LogP contribution in [0.4, 0.5) is 5.69 Å². The van der Waals surface area contributed by atoms with Gasteiger partial charge in [-0.1, -0.05) is 22.0 Å². The number of rotatable bonds is 5. The third-order valence-electron chi connectivity index (χ3n) is 3.00. The van der Waals surface area contributed by atoms with Crippen LogP contribution >= 0.6 is 28.3 Å². The number of fused-ring (bicyclic) bond motifs is 1. The minimum absolute atomic E-state index is 0. The Hall–Kier alpha value is -0.620. The summed E-state index contributed by atoms with van der Waals surface area (Å²) in [6.45, 7) is 2.45. The molecule has 1 aliphatic rings. The molecule has 2 rings (SSSR count). The molecule has 4 nitrogen and oxygen atoms in total. The Morgan fingerprint density at radius 1 is 1.53 bits per heavy atom. The molecule has 0 fully saturated rings. The Labute approximate surface area is 128 Å². The summed E-state index contributed by atoms with van der Waals surface area (Å²) in [7, 11) is 1.65. The lowest BCUT2D eigenvalue weighted by Crippen LogP contribution is -2.38. The van der Waals surface area contributed by atoms with Crippen LogP contribution in [0.15, 0.2) is 22.7 Å². The fourth-order valence-corrected chi connectivity index (χ4v) is 2.43. The number of carbonyl (C=O) groups is 1. The zero-order valence-electron chi connectivity index (χ0n) is 10.8. The second kappa shape index (κ2) is 7.85. The first-order valence-electron chi connectivity index (χ1n) is 6.01. The first kappa shape index (κ1) is 16.4. The zero-order valence-corrected chi connectivity index (χ0v) is 13.2. The number of nitrogens with zero attached hydrogens (tertiary/aromatic N) is 1. The number of benzene rings is 1. The second-order valence-corrected chi connectivity index (χ2v) is 5.15. The van der Waals surface area contributed by atoms with E-state index < -0.39 is 0 Å². The van der Waals surface area contributed by atoms with E-state index >= 15 is 0 Å². The van der Waals surface area contributed by atoms with Crippen LogP contribution in [0.1, 0.15) is 5.56 Å². The molecule has 0 saturated carbocycles. The molecule has 1 amide bonds. The van der Waals surface area contributed by atoms with Crippen molar-refractivity contribution < 1.29 is 9.53 Å². The van der Waals surface area contributed by atoms with Gasteiger partial charge in [-0.3, -0.25) is 4.79 Å². The Kier molecular flexibility index (Phi) is 6.79. The first-order chi connectivity index (χ1) is 8.72. The van der Waals surface area contributed by atoms with Crippen LogP contribution in [0, 0.1) is 0 Å². The zero-order chi connectivity index (χ0) is 13.0. The molecule has 6 heteroatoms. The van der Waals surface area contributed by atoms with E-state index in [1.165, 1.54) is 5.56 Å². The standard InChI is InChI=1S/C13H17BrN2O2.ClH/c1-18-7-5-15-9-13(17)16-6-4-10-2-3-11(14)8-12(10)16;/h2-3,8,15H,4-7,9H2,1H3;1H. The van der Waals surface area contributed by atoms with Gasteiger partial charge < -0.3 is 15.0 Å². The van der Waals surface area contributed by atoms with E-state index in [0.717, 1.165) is 23.1 Å². The van der Waals surface area contributed by atoms with Gasteiger partial charge in [-0.2, -0.15) is 0 Å². The van der Waals surface area contributed by atoms with Crippen LogP contribution in [-0.2, 0) is 16.0 Å². The maximum Gasteiger partial charge on any atom is 0.240 e. The van der Waals surface area contributed by atoms with Crippen LogP contribution in [-0.4, -0.2) is 39.3 Å². The third-order valence-corrected chi connectivity index (χ3v) is 3.50. The average Bonchev–Trinajstić information content (AvgIpc) is 2.77. The topological polar surface area (TPSA) is 41.6 Å². The molecule has 1 aliphatic heterocycles. The van der Waals surface area contributed by atoms with Crippen molar-refractivity contribution >= 4 is 39.9 Å². The van der Waals surface area contributed by atoms with Crippen molar-refractivity contribution in [2.45, 2.75) is 6.42 Å². The number of ether oxygens (including phenoxy) is 1. The smallest absolute Gasteiger partial charge is 0.240 e. The normalized spacial score (nSPS) is 13.1. The number of hydrogen-bond acceptors (Lipinski definition) is 3. The Bertz CT molecular complexity index is 443. The fraction of sp³-hybridized carbons (Fsp3) is 0.462. The predicted octanol–water partition coefficient (Wildman–Crippen LogP) is 2.00. The Morgan fingerprint density at radius 2 is 2.32 bits per heavy atom. The van der Waals surface area contributed by atoms with Crippen molar-refractivity contribution in [3.05, 3.63) is 28.2 Å². The van der Waals surface area contributed by atoms with Crippen molar-refractivity contribution in [2.75, 3.05) is 38.3 Å². The lowest BCUT2D eigenvalue weighted by molar-refractivity contribution is -0.117. The predicted molar refractivity (Wildman–Crippen MR) is 82.2 cm³/mol. The third kappa shape index (κ3) is 4.18. The summed E-state index contributed by atoms with van der Waals surface area (Å²) < 4.78 is 5.94. The number of anilines is 1. The molecule has 0 bridgehead atoms. The van der Waals surface area contributed by atoms with E-state index in [9.17, 15) is 4.79 Å². The maximum atomic E-state index is 12.1. The maximum absolute atomic E-state index is 12.1. The molecule has 1 aromatic carbocycles. The van der Waals surface area contributed by atoms with Gasteiger partial charge in [-0.15, -0.1) is 12.4 Å². The monoisotopic (exact) mass is 348 g/mol. The summed E-state index contributed by atoms with van der Waals surface area (Å²) in [5, 5.41) is 3.08. The van der Waals surface area contributed by atoms with E-state index in [2.05, 4.69) is 27.3 Å². The molecular weight excluding hydrogens is 332 g/mol. The van der Waals surface area contributed by atoms with E-state index in [1.54, 1.807) is 7.11 Å². The van der Waals surface area contributed by atoms with Gasteiger partial charge in [-0.05, 0) is 24.1 Å². The molecule has 0 radical (unpaired) electrons. The molecule has 19 heavy (non-hydrogen) atoms. The summed E-state index contributed by atoms with van der Waals surface area (Å²) in [5.41, 5.74) is 2.27. The molecule has 0 aromatic heterocycles. The Morgan fingerprint density at radius 3 is 3.05 bits per heavy atom. The quantitative estimate of drug-likeness (QED) is 0.827. The summed E-state index contributed by atoms with van der Waals surface area (Å²) >= 11 is 3.44. The molecule has 0 unspecified atom stereocenters. The summed E-state index contributed by atoms with van der Waals surface area (Å²) in [4.78, 5) is 13.9. The molecule has 0 spiro atoms. The summed E-state index contributed by atoms with van der Waals surface area (Å²) in [6.07, 6.45) is 0.937. The SMILES string of the molecule is COCCNCC(=O)N1CCc2ccc(Br)cc21.Cl. The molecule has 1 heterocycles. The van der Waals surface area contributed by atoms with Crippen LogP contribution in [0.2, 0.25) is 0 Å². The van der Waals surface area contributed by atoms with Crippen LogP contribution < -0.4 is 10.2 Å². The fourth-order valence-electron chi connectivity index (χ4n) is 2.08. The average molecular weight is 350 g/mol. The molecular formula is C13H18BrClN2O2. The number of hydrogen-bond donors (Lipinski definition) is 1. The number of methoxy groups -OCH3 is 1. The lowest BCUT2D eigenvalue weighted by atomic mass is 10.2. The molecule has 0 saturated heterocycles. The highest BCUT2D eigenvalue weighted by molar-refractivity contribution is 9.10. The molecule has 1 N–H and O–H groups in total. The number of carbonyl (C=O) groups excluding carboxylic acids is 1. The Balaban J connectivity index is 0.00000180. The van der Waals surface area contributed by atoms with Crippen LogP contribution in [0.3, 0.4) is 0 Å². The minimum atomic E-state index is 0. The molecule has 106 valence electrons. The van der Waals surface area contributed by atoms with Gasteiger partial charge in [-0.25, -0.2) is 0 Å². The van der Waals surface area contributed by atoms with Crippen molar-refractivity contribution in [3.8, 4) is 0 Å². The van der Waals surface area contributed by atoms with Crippen molar-refractivity contribution in [1.82, 2.24) is 5.32 Å². The highest BCUT2D eigenvalue weighted by Gasteiger charge is 2.24. The highest BCUT2D eigenvalue weighted by atomic mass is 79.9. The second-order valence-electron chi connectivity index (χ2n) is 4.24. The largest absolute Gasteiger partial charge is 0.383 e. The number of amides is 1. The van der Waals surface area contributed by atoms with Crippen LogP contribution in [0.25, 0.3) is 0 Å². The van der Waals surface area contributed by atoms with Crippen molar-refractivity contribution in [1.29, 1.82) is 0 Å². The van der Waals surface area contributed by atoms with E-state index in [-0.39, 0.29) is 18.3 Å². The van der Waals surface area contributed by atoms with Crippen LogP contribution in [0.5, 0.6) is 0 Å². The van der Waals surface area contributed by atoms with E-state index in [1.807, 2.05) is 17.0 Å². The van der Waals surface area contributed by atoms with E-state index in [4.69, 9.17) is 4.74 Å². The van der Waals surface area contributed by atoms with Gasteiger partial charge in [0.2, 0.25) is 5.91 Å². The first-order valence-corrected chi connectivity index (χ1v) is 6.80. The van der Waals surface area contributed by atoms with Gasteiger partial charge in [0.05, 0.1) is 13.2 Å². The van der Waals surface area contributed by atoms with Crippen molar-refractivity contribution in [2.24, 2.45) is 0 Å². The van der Waals surface area contributed by atoms with Gasteiger partial charge in [0.25, 0.3) is 0 Å². The van der Waals surface area contributed by atoms with Gasteiger partial charge in [0.15, 0.2) is 0 Å². The van der Waals surface area contributed by atoms with Gasteiger partial charge in [0, 0.05) is 30.4 Å². The van der Waals surface area contributed by atoms with E-state index in [0.29, 0.717) is 19.7 Å². The van der Waals surface area contributed by atoms with Crippen molar-refractivity contribution in [3.63, 3.8) is 0 Å². The van der Waals surface area contributed by atoms with Gasteiger partial charge >= 0.3 is 0 Å². The molecule has 0 atom stereocenters. The summed E-state index contributed by atoms with van der Waals surface area (Å²) in [6, 6.07) is 6.10.